The van der Waals surface area contributed by atoms with Gasteiger partial charge in [-0.25, -0.2) is 13.2 Å². The van der Waals surface area contributed by atoms with Gasteiger partial charge in [0, 0.05) is 5.69 Å². The molecule has 2 aromatic carbocycles. The van der Waals surface area contributed by atoms with E-state index in [0.717, 1.165) is 12.0 Å². The molecular formula is C19H21NO5S. The molecule has 1 amide bonds. The maximum absolute atomic E-state index is 12.2. The Bertz CT molecular complexity index is 906. The normalized spacial score (nSPS) is 11.0. The van der Waals surface area contributed by atoms with E-state index < -0.39 is 28.3 Å². The lowest BCUT2D eigenvalue weighted by Gasteiger charge is -2.11. The Hall–Kier alpha value is -2.67. The van der Waals surface area contributed by atoms with Crippen LogP contribution in [0.15, 0.2) is 53.4 Å². The van der Waals surface area contributed by atoms with Crippen molar-refractivity contribution in [2.75, 3.05) is 17.7 Å². The highest BCUT2D eigenvalue weighted by molar-refractivity contribution is 7.91. The van der Waals surface area contributed by atoms with Gasteiger partial charge in [-0.15, -0.1) is 0 Å². The number of rotatable bonds is 7. The molecule has 0 aromatic heterocycles. The highest BCUT2D eigenvalue weighted by Gasteiger charge is 2.22. The molecule has 0 bridgehead atoms. The molecule has 2 aromatic rings. The molecule has 6 nitrogen and oxygen atoms in total. The fourth-order valence-electron chi connectivity index (χ4n) is 2.41. The molecule has 26 heavy (non-hydrogen) atoms. The monoisotopic (exact) mass is 375 g/mol. The lowest BCUT2D eigenvalue weighted by molar-refractivity contribution is -0.119. The van der Waals surface area contributed by atoms with Gasteiger partial charge in [-0.1, -0.05) is 44.2 Å². The van der Waals surface area contributed by atoms with Crippen LogP contribution in [0.2, 0.25) is 0 Å². The number of hydrogen-bond acceptors (Lipinski definition) is 5. The van der Waals surface area contributed by atoms with Crippen molar-refractivity contribution in [3.05, 3.63) is 59.7 Å². The first kappa shape index (κ1) is 19.7. The first-order valence-electron chi connectivity index (χ1n) is 8.25. The number of ether oxygens (including phenoxy) is 1. The number of esters is 1. The van der Waals surface area contributed by atoms with Crippen LogP contribution in [0, 0.1) is 0 Å². The molecule has 0 aliphatic carbocycles. The highest BCUT2D eigenvalue weighted by Crippen LogP contribution is 2.18. The molecular weight excluding hydrogens is 354 g/mol. The second kappa shape index (κ2) is 8.62. The van der Waals surface area contributed by atoms with Crippen LogP contribution in [0.3, 0.4) is 0 Å². The summed E-state index contributed by atoms with van der Waals surface area (Å²) < 4.78 is 29.2. The number of para-hydroxylation sites is 1. The summed E-state index contributed by atoms with van der Waals surface area (Å²) in [6.07, 6.45) is 0.749. The zero-order valence-corrected chi connectivity index (χ0v) is 15.5. The van der Waals surface area contributed by atoms with Gasteiger partial charge in [0.1, 0.15) is 0 Å². The van der Waals surface area contributed by atoms with E-state index in [0.29, 0.717) is 5.69 Å². The average molecular weight is 375 g/mol. The minimum atomic E-state index is -3.57. The number of benzene rings is 2. The van der Waals surface area contributed by atoms with E-state index in [9.17, 15) is 18.0 Å². The van der Waals surface area contributed by atoms with Gasteiger partial charge in [0.05, 0.1) is 16.2 Å². The molecule has 2 rings (SSSR count). The van der Waals surface area contributed by atoms with Crippen LogP contribution in [0.1, 0.15) is 29.8 Å². The summed E-state index contributed by atoms with van der Waals surface area (Å²) in [6, 6.07) is 13.1. The van der Waals surface area contributed by atoms with Crippen LogP contribution in [0.5, 0.6) is 0 Å². The predicted octanol–water partition coefficient (Wildman–Crippen LogP) is 2.84. The third kappa shape index (κ3) is 4.70. The Morgan fingerprint density at radius 1 is 1.00 bits per heavy atom. The quantitative estimate of drug-likeness (QED) is 0.752. The second-order valence-corrected chi connectivity index (χ2v) is 7.78. The Balaban J connectivity index is 2.07. The standard InChI is InChI=1S/C19H21NO5S/c1-3-14-9-5-7-11-16(14)20-18(21)13-25-19(22)15-10-6-8-12-17(15)26(23,24)4-2/h5-12H,3-4,13H2,1-2H3,(H,20,21). The highest BCUT2D eigenvalue weighted by atomic mass is 32.2. The number of sulfone groups is 1. The van der Waals surface area contributed by atoms with E-state index >= 15 is 0 Å². The van der Waals surface area contributed by atoms with Crippen molar-refractivity contribution in [2.24, 2.45) is 0 Å². The van der Waals surface area contributed by atoms with E-state index in [1.165, 1.54) is 25.1 Å². The van der Waals surface area contributed by atoms with E-state index in [1.807, 2.05) is 19.1 Å². The maximum Gasteiger partial charge on any atom is 0.339 e. The first-order valence-corrected chi connectivity index (χ1v) is 9.91. The van der Waals surface area contributed by atoms with Gasteiger partial charge in [-0.2, -0.15) is 0 Å². The lowest BCUT2D eigenvalue weighted by atomic mass is 10.1. The number of aryl methyl sites for hydroxylation is 1. The van der Waals surface area contributed by atoms with Gasteiger partial charge in [-0.05, 0) is 30.2 Å². The van der Waals surface area contributed by atoms with E-state index in [4.69, 9.17) is 4.74 Å². The SMILES string of the molecule is CCc1ccccc1NC(=O)COC(=O)c1ccccc1S(=O)(=O)CC. The third-order valence-electron chi connectivity index (χ3n) is 3.83. The Morgan fingerprint density at radius 2 is 1.65 bits per heavy atom. The van der Waals surface area contributed by atoms with E-state index in [2.05, 4.69) is 5.32 Å². The summed E-state index contributed by atoms with van der Waals surface area (Å²) in [5, 5.41) is 2.69. The van der Waals surface area contributed by atoms with Gasteiger partial charge in [0.2, 0.25) is 0 Å². The van der Waals surface area contributed by atoms with Crippen molar-refractivity contribution >= 4 is 27.4 Å². The predicted molar refractivity (Wildman–Crippen MR) is 98.9 cm³/mol. The largest absolute Gasteiger partial charge is 0.452 e. The number of hydrogen-bond donors (Lipinski definition) is 1. The molecule has 0 unspecified atom stereocenters. The molecule has 0 atom stereocenters. The molecule has 0 fully saturated rings. The Morgan fingerprint density at radius 3 is 2.35 bits per heavy atom. The van der Waals surface area contributed by atoms with Gasteiger partial charge in [-0.3, -0.25) is 4.79 Å². The molecule has 0 radical (unpaired) electrons. The molecule has 7 heteroatoms. The third-order valence-corrected chi connectivity index (χ3v) is 5.61. The number of amides is 1. The summed E-state index contributed by atoms with van der Waals surface area (Å²) in [7, 11) is -3.57. The van der Waals surface area contributed by atoms with Gasteiger partial charge in [0.25, 0.3) is 5.91 Å². The van der Waals surface area contributed by atoms with Crippen molar-refractivity contribution in [2.45, 2.75) is 25.2 Å². The van der Waals surface area contributed by atoms with Crippen LogP contribution in [0.4, 0.5) is 5.69 Å². The Kier molecular flexibility index (Phi) is 6.52. The van der Waals surface area contributed by atoms with Gasteiger partial charge >= 0.3 is 5.97 Å². The average Bonchev–Trinajstić information content (AvgIpc) is 2.66. The van der Waals surface area contributed by atoms with Crippen LogP contribution in [0.25, 0.3) is 0 Å². The molecule has 1 N–H and O–H groups in total. The minimum Gasteiger partial charge on any atom is -0.452 e. The fourth-order valence-corrected chi connectivity index (χ4v) is 3.49. The number of anilines is 1. The fraction of sp³-hybridized carbons (Fsp3) is 0.263. The molecule has 0 saturated carbocycles. The van der Waals surface area contributed by atoms with Crippen LogP contribution < -0.4 is 5.32 Å². The topological polar surface area (TPSA) is 89.5 Å². The van der Waals surface area contributed by atoms with Crippen molar-refractivity contribution in [3.63, 3.8) is 0 Å². The minimum absolute atomic E-state index is 0.0730. The Labute approximate surface area is 153 Å². The molecule has 0 aliphatic rings. The smallest absolute Gasteiger partial charge is 0.339 e. The molecule has 0 spiro atoms. The summed E-state index contributed by atoms with van der Waals surface area (Å²) in [6.45, 7) is 2.96. The molecule has 138 valence electrons. The second-order valence-electron chi connectivity index (χ2n) is 5.53. The van der Waals surface area contributed by atoms with Crippen LogP contribution >= 0.6 is 0 Å². The summed E-state index contributed by atoms with van der Waals surface area (Å²) in [5.41, 5.74) is 1.55. The van der Waals surface area contributed by atoms with Crippen LogP contribution in [-0.4, -0.2) is 32.7 Å². The maximum atomic E-state index is 12.2. The van der Waals surface area contributed by atoms with Crippen molar-refractivity contribution < 1.29 is 22.7 Å². The summed E-state index contributed by atoms with van der Waals surface area (Å²) in [4.78, 5) is 24.2. The van der Waals surface area contributed by atoms with Gasteiger partial charge < -0.3 is 10.1 Å². The van der Waals surface area contributed by atoms with E-state index in [-0.39, 0.29) is 16.2 Å². The van der Waals surface area contributed by atoms with Crippen molar-refractivity contribution in [1.82, 2.24) is 0 Å². The van der Waals surface area contributed by atoms with Crippen molar-refractivity contribution in [1.29, 1.82) is 0 Å². The zero-order chi connectivity index (χ0) is 19.2. The first-order chi connectivity index (χ1) is 12.4. The van der Waals surface area contributed by atoms with Gasteiger partial charge in [0.15, 0.2) is 16.4 Å². The summed E-state index contributed by atoms with van der Waals surface area (Å²) in [5.74, 6) is -1.47. The number of nitrogens with one attached hydrogen (secondary N) is 1. The number of carbonyl (C=O) groups excluding carboxylic acids is 2. The lowest BCUT2D eigenvalue weighted by Crippen LogP contribution is -2.22. The zero-order valence-electron chi connectivity index (χ0n) is 14.7. The molecule has 0 aliphatic heterocycles. The van der Waals surface area contributed by atoms with E-state index in [1.54, 1.807) is 18.2 Å². The van der Waals surface area contributed by atoms with Crippen LogP contribution in [-0.2, 0) is 25.8 Å². The number of carbonyl (C=O) groups is 2. The van der Waals surface area contributed by atoms with Crippen molar-refractivity contribution in [3.8, 4) is 0 Å². The molecule has 0 heterocycles. The summed E-state index contributed by atoms with van der Waals surface area (Å²) >= 11 is 0. The molecule has 0 saturated heterocycles.